The fourth-order valence-electron chi connectivity index (χ4n) is 2.23. The molecule has 1 aromatic rings. The van der Waals surface area contributed by atoms with E-state index in [4.69, 9.17) is 15.8 Å². The largest absolute Gasteiger partial charge is 0.445 e. The highest BCUT2D eigenvalue weighted by Crippen LogP contribution is 2.19. The van der Waals surface area contributed by atoms with Gasteiger partial charge >= 0.3 is 6.09 Å². The normalized spacial score (nSPS) is 19.1. The summed E-state index contributed by atoms with van der Waals surface area (Å²) >= 11 is 0. The molecule has 24 heavy (non-hydrogen) atoms. The maximum Gasteiger partial charge on any atom is 0.410 e. The second-order valence-corrected chi connectivity index (χ2v) is 4.93. The Kier molecular flexibility index (Phi) is 5.40. The van der Waals surface area contributed by atoms with Crippen molar-refractivity contribution in [3.8, 4) is 0 Å². The number of carbonyl (C=O) groups excluding carboxylic acids is 1. The number of benzene rings is 1. The first-order chi connectivity index (χ1) is 11.5. The Balaban J connectivity index is 1.93. The van der Waals surface area contributed by atoms with Crippen molar-refractivity contribution in [1.82, 2.24) is 4.90 Å². The molecule has 0 bridgehead atoms. The van der Waals surface area contributed by atoms with Crippen LogP contribution < -0.4 is 0 Å². The Morgan fingerprint density at radius 3 is 2.25 bits per heavy atom. The Morgan fingerprint density at radius 1 is 1.25 bits per heavy atom. The number of non-ortho nitro benzene ring substituents is 1. The average Bonchev–Trinajstić information content (AvgIpc) is 2.97. The van der Waals surface area contributed by atoms with Gasteiger partial charge in [-0.3, -0.25) is 10.1 Å². The van der Waals surface area contributed by atoms with Crippen LogP contribution >= 0.6 is 0 Å². The Labute approximate surface area is 135 Å². The van der Waals surface area contributed by atoms with Crippen LogP contribution in [0.1, 0.15) is 5.56 Å². The van der Waals surface area contributed by atoms with Crippen molar-refractivity contribution in [3.63, 3.8) is 0 Å². The number of hydrogen-bond donors (Lipinski definition) is 0. The van der Waals surface area contributed by atoms with Gasteiger partial charge in [0.1, 0.15) is 6.61 Å². The van der Waals surface area contributed by atoms with Crippen molar-refractivity contribution in [2.75, 3.05) is 13.1 Å². The van der Waals surface area contributed by atoms with E-state index in [1.165, 1.54) is 29.2 Å². The SMILES string of the molecule is [N-]=[N+]=N[C@H]1CN(C(=O)OCc2ccc([N+](=O)[O-])cc2)C[C@H]1N=[N+]=[N-]. The van der Waals surface area contributed by atoms with Gasteiger partial charge in [0.15, 0.2) is 0 Å². The lowest BCUT2D eigenvalue weighted by atomic mass is 10.2. The number of ether oxygens (including phenoxy) is 1. The zero-order valence-electron chi connectivity index (χ0n) is 12.3. The molecule has 12 nitrogen and oxygen atoms in total. The number of likely N-dealkylation sites (tertiary alicyclic amines) is 1. The van der Waals surface area contributed by atoms with Crippen LogP contribution in [0.5, 0.6) is 0 Å². The van der Waals surface area contributed by atoms with Gasteiger partial charge in [-0.1, -0.05) is 10.2 Å². The minimum absolute atomic E-state index is 0.0565. The molecular formula is C12H12N8O4. The first-order valence-corrected chi connectivity index (χ1v) is 6.78. The maximum atomic E-state index is 12.0. The molecule has 1 heterocycles. The Bertz CT molecular complexity index is 697. The summed E-state index contributed by atoms with van der Waals surface area (Å²) in [6.07, 6.45) is -0.651. The van der Waals surface area contributed by atoms with Gasteiger partial charge in [-0.05, 0) is 28.8 Å². The predicted molar refractivity (Wildman–Crippen MR) is 80.7 cm³/mol. The van der Waals surface area contributed by atoms with Gasteiger partial charge in [0.05, 0.1) is 17.0 Å². The van der Waals surface area contributed by atoms with Crippen molar-refractivity contribution in [2.45, 2.75) is 18.7 Å². The maximum absolute atomic E-state index is 12.0. The van der Waals surface area contributed by atoms with Gasteiger partial charge in [0.25, 0.3) is 5.69 Å². The molecule has 1 fully saturated rings. The van der Waals surface area contributed by atoms with Crippen LogP contribution in [0.2, 0.25) is 0 Å². The van der Waals surface area contributed by atoms with Crippen molar-refractivity contribution >= 4 is 11.8 Å². The standard InChI is InChI=1S/C12H12N8O4/c13-17-15-10-5-19(6-11(10)16-18-14)12(21)24-7-8-1-3-9(4-2-8)20(22)23/h1-4,10-11H,5-7H2/t10-,11+. The van der Waals surface area contributed by atoms with Gasteiger partial charge in [0, 0.05) is 35.0 Å². The van der Waals surface area contributed by atoms with Crippen LogP contribution in [-0.4, -0.2) is 41.1 Å². The zero-order chi connectivity index (χ0) is 17.5. The Hall–Kier alpha value is -3.49. The molecular weight excluding hydrogens is 320 g/mol. The molecule has 1 aliphatic rings. The van der Waals surface area contributed by atoms with E-state index >= 15 is 0 Å². The molecule has 2 rings (SSSR count). The number of nitro groups is 1. The van der Waals surface area contributed by atoms with Crippen LogP contribution in [0.25, 0.3) is 20.9 Å². The van der Waals surface area contributed by atoms with E-state index in [0.29, 0.717) is 5.56 Å². The van der Waals surface area contributed by atoms with Gasteiger partial charge in [0.2, 0.25) is 0 Å². The van der Waals surface area contributed by atoms with E-state index in [1.54, 1.807) is 0 Å². The van der Waals surface area contributed by atoms with Crippen LogP contribution in [0.15, 0.2) is 34.5 Å². The number of carbonyl (C=O) groups is 1. The van der Waals surface area contributed by atoms with Crippen LogP contribution in [0, 0.1) is 10.1 Å². The summed E-state index contributed by atoms with van der Waals surface area (Å²) in [7, 11) is 0. The zero-order valence-corrected chi connectivity index (χ0v) is 12.3. The molecule has 124 valence electrons. The highest BCUT2D eigenvalue weighted by molar-refractivity contribution is 5.68. The van der Waals surface area contributed by atoms with Gasteiger partial charge in [-0.2, -0.15) is 0 Å². The average molecular weight is 332 g/mol. The summed E-state index contributed by atoms with van der Waals surface area (Å²) in [5.41, 5.74) is 17.5. The summed E-state index contributed by atoms with van der Waals surface area (Å²) in [6, 6.07) is 4.32. The monoisotopic (exact) mass is 332 g/mol. The molecule has 0 unspecified atom stereocenters. The minimum Gasteiger partial charge on any atom is -0.445 e. The van der Waals surface area contributed by atoms with Crippen LogP contribution in [0.4, 0.5) is 10.5 Å². The van der Waals surface area contributed by atoms with Crippen molar-refractivity contribution < 1.29 is 14.5 Å². The summed E-state index contributed by atoms with van der Waals surface area (Å²) in [5, 5.41) is 17.6. The fraction of sp³-hybridized carbons (Fsp3) is 0.417. The fourth-order valence-corrected chi connectivity index (χ4v) is 2.23. The predicted octanol–water partition coefficient (Wildman–Crippen LogP) is 2.90. The lowest BCUT2D eigenvalue weighted by Crippen LogP contribution is -2.30. The smallest absolute Gasteiger partial charge is 0.410 e. The number of nitrogens with zero attached hydrogens (tertiary/aromatic N) is 8. The molecule has 0 aromatic heterocycles. The highest BCUT2D eigenvalue weighted by atomic mass is 16.6. The number of amides is 1. The topological polar surface area (TPSA) is 170 Å². The molecule has 12 heteroatoms. The summed E-state index contributed by atoms with van der Waals surface area (Å²) in [4.78, 5) is 28.7. The van der Waals surface area contributed by atoms with E-state index in [0.717, 1.165) is 0 Å². The third-order valence-electron chi connectivity index (χ3n) is 3.43. The number of rotatable bonds is 5. The molecule has 1 aliphatic heterocycles. The third kappa shape index (κ3) is 4.03. The first kappa shape index (κ1) is 16.9. The lowest BCUT2D eigenvalue weighted by Gasteiger charge is -2.15. The van der Waals surface area contributed by atoms with E-state index in [-0.39, 0.29) is 25.4 Å². The van der Waals surface area contributed by atoms with Crippen LogP contribution in [-0.2, 0) is 11.3 Å². The quantitative estimate of drug-likeness (QED) is 0.265. The molecule has 0 N–H and O–H groups in total. The molecule has 0 saturated carbocycles. The van der Waals surface area contributed by atoms with Crippen molar-refractivity contribution in [3.05, 3.63) is 60.8 Å². The van der Waals surface area contributed by atoms with Gasteiger partial charge < -0.3 is 9.64 Å². The molecule has 1 amide bonds. The third-order valence-corrected chi connectivity index (χ3v) is 3.43. The van der Waals surface area contributed by atoms with Gasteiger partial charge in [-0.25, -0.2) is 4.79 Å². The molecule has 2 atom stereocenters. The summed E-state index contributed by atoms with van der Waals surface area (Å²) in [5.74, 6) is 0. The lowest BCUT2D eigenvalue weighted by molar-refractivity contribution is -0.384. The number of nitro benzene ring substituents is 1. The molecule has 1 saturated heterocycles. The number of hydrogen-bond acceptors (Lipinski definition) is 6. The van der Waals surface area contributed by atoms with E-state index in [2.05, 4.69) is 20.1 Å². The second kappa shape index (κ2) is 7.68. The van der Waals surface area contributed by atoms with Crippen LogP contribution in [0.3, 0.4) is 0 Å². The van der Waals surface area contributed by atoms with Gasteiger partial charge in [-0.15, -0.1) is 0 Å². The molecule has 0 aliphatic carbocycles. The molecule has 1 aromatic carbocycles. The van der Waals surface area contributed by atoms with E-state index in [9.17, 15) is 14.9 Å². The highest BCUT2D eigenvalue weighted by Gasteiger charge is 2.34. The van der Waals surface area contributed by atoms with E-state index in [1.807, 2.05) is 0 Å². The Morgan fingerprint density at radius 2 is 1.79 bits per heavy atom. The number of azide groups is 2. The second-order valence-electron chi connectivity index (χ2n) is 4.93. The summed E-state index contributed by atoms with van der Waals surface area (Å²) < 4.78 is 5.11. The van der Waals surface area contributed by atoms with E-state index < -0.39 is 23.1 Å². The molecule has 0 radical (unpaired) electrons. The molecule has 0 spiro atoms. The first-order valence-electron chi connectivity index (χ1n) is 6.78. The summed E-state index contributed by atoms with van der Waals surface area (Å²) in [6.45, 7) is 0.116. The van der Waals surface area contributed by atoms with Crippen molar-refractivity contribution in [1.29, 1.82) is 0 Å². The van der Waals surface area contributed by atoms with Crippen molar-refractivity contribution in [2.24, 2.45) is 10.2 Å². The minimum atomic E-state index is -0.651.